The molecule has 222 valence electrons. The van der Waals surface area contributed by atoms with Crippen molar-refractivity contribution in [3.05, 3.63) is 59.0 Å². The van der Waals surface area contributed by atoms with Crippen LogP contribution in [-0.4, -0.2) is 83.7 Å². The van der Waals surface area contributed by atoms with Crippen LogP contribution in [0.5, 0.6) is 11.5 Å². The molecule has 0 aliphatic carbocycles. The maximum Gasteiger partial charge on any atom is 0.229 e. The molecule has 0 unspecified atom stereocenters. The molecule has 1 saturated heterocycles. The summed E-state index contributed by atoms with van der Waals surface area (Å²) in [6, 6.07) is 9.61. The summed E-state index contributed by atoms with van der Waals surface area (Å²) in [7, 11) is 0.528. The first-order chi connectivity index (χ1) is 20.0. The van der Waals surface area contributed by atoms with Crippen molar-refractivity contribution in [2.24, 2.45) is 0 Å². The average molecular weight is 658 g/mol. The van der Waals surface area contributed by atoms with Crippen LogP contribution < -0.4 is 30.3 Å². The number of nitrogens with one attached hydrogen (secondary N) is 2. The van der Waals surface area contributed by atoms with Crippen LogP contribution in [0, 0.1) is 6.92 Å². The Bertz CT molecular complexity index is 1630. The van der Waals surface area contributed by atoms with Crippen molar-refractivity contribution in [1.29, 1.82) is 0 Å². The van der Waals surface area contributed by atoms with Gasteiger partial charge in [0.2, 0.25) is 5.95 Å². The second-order valence-electron chi connectivity index (χ2n) is 10.3. The van der Waals surface area contributed by atoms with Crippen molar-refractivity contribution in [3.63, 3.8) is 0 Å². The number of benzene rings is 2. The van der Waals surface area contributed by atoms with E-state index < -0.39 is 7.14 Å². The number of halogens is 1. The first kappa shape index (κ1) is 29.8. The third kappa shape index (κ3) is 6.54. The van der Waals surface area contributed by atoms with Gasteiger partial charge in [-0.05, 0) is 66.0 Å². The number of aryl methyl sites for hydroxylation is 1. The normalized spacial score (nSPS) is 14.1. The maximum atomic E-state index is 13.3. The zero-order chi connectivity index (χ0) is 30.0. The van der Waals surface area contributed by atoms with Crippen LogP contribution in [0.15, 0.2) is 53.4 Å². The molecule has 14 heteroatoms. The fourth-order valence-electron chi connectivity index (χ4n) is 4.68. The van der Waals surface area contributed by atoms with Crippen molar-refractivity contribution in [1.82, 2.24) is 24.8 Å². The number of hydrogen-bond donors (Lipinski definition) is 3. The predicted octanol–water partition coefficient (Wildman–Crippen LogP) is 5.00. The molecule has 12 nitrogen and oxygen atoms in total. The number of anilines is 5. The summed E-state index contributed by atoms with van der Waals surface area (Å²) >= 11 is 3.55. The largest absolute Gasteiger partial charge is 0.495 e. The number of piperazine rings is 1. The summed E-state index contributed by atoms with van der Waals surface area (Å²) in [4.78, 5) is 11.4. The molecule has 1 aliphatic heterocycles. The first-order valence-corrected chi connectivity index (χ1v) is 16.7. The molecule has 1 fully saturated rings. The van der Waals surface area contributed by atoms with Crippen LogP contribution >= 0.6 is 23.1 Å². The van der Waals surface area contributed by atoms with Gasteiger partial charge in [-0.15, -0.1) is 0 Å². The van der Waals surface area contributed by atoms with E-state index in [1.165, 1.54) is 5.06 Å². The smallest absolute Gasteiger partial charge is 0.229 e. The number of rotatable bonds is 9. The fraction of sp³-hybridized carbons (Fsp3) is 0.321. The Morgan fingerprint density at radius 2 is 1.76 bits per heavy atom. The van der Waals surface area contributed by atoms with E-state index in [0.29, 0.717) is 64.9 Å². The highest BCUT2D eigenvalue weighted by Gasteiger charge is 2.22. The van der Waals surface area contributed by atoms with Gasteiger partial charge in [0.25, 0.3) is 0 Å². The highest BCUT2D eigenvalue weighted by atomic mass is 79.9. The number of ether oxygens (including phenoxy) is 2. The first-order valence-electron chi connectivity index (χ1n) is 13.3. The third-order valence-electron chi connectivity index (χ3n) is 6.99. The fourth-order valence-corrected chi connectivity index (χ4v) is 6.13. The van der Waals surface area contributed by atoms with Gasteiger partial charge >= 0.3 is 0 Å². The van der Waals surface area contributed by atoms with E-state index in [0.717, 1.165) is 22.6 Å². The lowest BCUT2D eigenvalue weighted by molar-refractivity contribution is -0.0936. The van der Waals surface area contributed by atoms with Crippen molar-refractivity contribution < 1.29 is 19.2 Å². The molecule has 0 saturated carbocycles. The third-order valence-corrected chi connectivity index (χ3v) is 9.10. The molecule has 42 heavy (non-hydrogen) atoms. The minimum Gasteiger partial charge on any atom is -0.495 e. The van der Waals surface area contributed by atoms with Crippen molar-refractivity contribution in [2.75, 3.05) is 69.3 Å². The van der Waals surface area contributed by atoms with Gasteiger partial charge < -0.3 is 34.8 Å². The Hall–Kier alpha value is -3.64. The molecule has 5 rings (SSSR count). The van der Waals surface area contributed by atoms with Gasteiger partial charge in [0.1, 0.15) is 18.7 Å². The van der Waals surface area contributed by atoms with Crippen LogP contribution in [0.25, 0.3) is 5.69 Å². The summed E-state index contributed by atoms with van der Waals surface area (Å²) in [5, 5.41) is 22.7. The lowest BCUT2D eigenvalue weighted by atomic mass is 10.1. The molecule has 0 spiro atoms. The second kappa shape index (κ2) is 12.3. The molecule has 0 atom stereocenters. The standard InChI is InChI=1S/C28H34BrN8O4P/c1-18-12-24(35-8-10-36(38)11-9-35)25(41-3)14-23(18)33-28-30-16-21(29)27(34-28)32-22-7-6-19(13-26(22)42(4,5)39)37-17-20(40-2)15-31-37/h6-7,12-17,38H,8-11H2,1-5H3,(H2,30,32,33,34). The predicted molar refractivity (Wildman–Crippen MR) is 169 cm³/mol. The number of methoxy groups -OCH3 is 2. The van der Waals surface area contributed by atoms with Crippen LogP contribution in [0.4, 0.5) is 28.8 Å². The summed E-state index contributed by atoms with van der Waals surface area (Å²) in [6.45, 7) is 8.00. The van der Waals surface area contributed by atoms with Crippen molar-refractivity contribution in [2.45, 2.75) is 6.92 Å². The van der Waals surface area contributed by atoms with Gasteiger partial charge in [-0.2, -0.15) is 15.1 Å². The van der Waals surface area contributed by atoms with Gasteiger partial charge in [0.15, 0.2) is 5.75 Å². The molecule has 3 heterocycles. The minimum atomic E-state index is -2.70. The number of aromatic nitrogens is 4. The monoisotopic (exact) mass is 656 g/mol. The maximum absolute atomic E-state index is 13.3. The van der Waals surface area contributed by atoms with E-state index in [9.17, 15) is 9.77 Å². The topological polar surface area (TPSA) is 130 Å². The Morgan fingerprint density at radius 3 is 2.43 bits per heavy atom. The summed E-state index contributed by atoms with van der Waals surface area (Å²) in [6.07, 6.45) is 5.05. The lowest BCUT2D eigenvalue weighted by Crippen LogP contribution is -2.44. The minimum absolute atomic E-state index is 0.380. The molecule has 2 aromatic heterocycles. The molecule has 0 bridgehead atoms. The summed E-state index contributed by atoms with van der Waals surface area (Å²) in [5.74, 6) is 2.24. The van der Waals surface area contributed by atoms with Crippen LogP contribution in [0.2, 0.25) is 0 Å². The van der Waals surface area contributed by atoms with E-state index in [1.807, 2.05) is 31.2 Å². The zero-order valence-electron chi connectivity index (χ0n) is 24.1. The van der Waals surface area contributed by atoms with E-state index in [1.54, 1.807) is 50.8 Å². The zero-order valence-corrected chi connectivity index (χ0v) is 26.6. The van der Waals surface area contributed by atoms with Gasteiger partial charge in [-0.3, -0.25) is 0 Å². The quantitative estimate of drug-likeness (QED) is 0.211. The molecule has 4 aromatic rings. The van der Waals surface area contributed by atoms with E-state index in [4.69, 9.17) is 14.5 Å². The van der Waals surface area contributed by atoms with E-state index >= 15 is 0 Å². The molecule has 1 aliphatic rings. The molecule has 3 N–H and O–H groups in total. The molecular weight excluding hydrogens is 623 g/mol. The Labute approximate surface area is 253 Å². The highest BCUT2D eigenvalue weighted by molar-refractivity contribution is 9.10. The molecule has 0 amide bonds. The number of hydrogen-bond acceptors (Lipinski definition) is 11. The number of nitrogens with zero attached hydrogens (tertiary/aromatic N) is 6. The van der Waals surface area contributed by atoms with Gasteiger partial charge in [0, 0.05) is 49.4 Å². The summed E-state index contributed by atoms with van der Waals surface area (Å²) < 4.78 is 26.6. The Kier molecular flexibility index (Phi) is 8.74. The van der Waals surface area contributed by atoms with Crippen LogP contribution in [-0.2, 0) is 4.57 Å². The molecular formula is C28H34BrN8O4P. The second-order valence-corrected chi connectivity index (χ2v) is 14.3. The highest BCUT2D eigenvalue weighted by Crippen LogP contribution is 2.40. The van der Waals surface area contributed by atoms with Gasteiger partial charge in [-0.1, -0.05) is 0 Å². The van der Waals surface area contributed by atoms with Crippen LogP contribution in [0.3, 0.4) is 0 Å². The SMILES string of the molecule is COc1cnn(-c2ccc(Nc3nc(Nc4cc(OC)c(N5CCN(O)CC5)cc4C)ncc3Br)c(P(C)(C)=O)c2)c1. The van der Waals surface area contributed by atoms with E-state index in [-0.39, 0.29) is 0 Å². The summed E-state index contributed by atoms with van der Waals surface area (Å²) in [5.41, 5.74) is 4.20. The van der Waals surface area contributed by atoms with Gasteiger partial charge in [-0.25, -0.2) is 9.67 Å². The molecule has 2 aromatic carbocycles. The van der Waals surface area contributed by atoms with Gasteiger partial charge in [0.05, 0.1) is 48.1 Å². The van der Waals surface area contributed by atoms with E-state index in [2.05, 4.69) is 47.6 Å². The Balaban J connectivity index is 1.42. The van der Waals surface area contributed by atoms with Crippen molar-refractivity contribution in [3.8, 4) is 17.2 Å². The average Bonchev–Trinajstić information content (AvgIpc) is 3.45. The van der Waals surface area contributed by atoms with Crippen molar-refractivity contribution >= 4 is 57.2 Å². The van der Waals surface area contributed by atoms with Crippen LogP contribution in [0.1, 0.15) is 5.56 Å². The molecule has 0 radical (unpaired) electrons. The number of hydroxylamine groups is 2. The Morgan fingerprint density at radius 1 is 1.00 bits per heavy atom. The lowest BCUT2D eigenvalue weighted by Gasteiger charge is -2.34.